The van der Waals surface area contributed by atoms with Crippen LogP contribution in [0.25, 0.3) is 0 Å². The third-order valence-corrected chi connectivity index (χ3v) is 2.61. The van der Waals surface area contributed by atoms with E-state index in [9.17, 15) is 0 Å². The Balaban J connectivity index is 3.18. The maximum atomic E-state index is 3.27. The molecule has 0 amide bonds. The molecule has 0 aromatic heterocycles. The van der Waals surface area contributed by atoms with Crippen molar-refractivity contribution < 1.29 is 0 Å². The lowest BCUT2D eigenvalue weighted by atomic mass is 9.98. The van der Waals surface area contributed by atoms with Crippen LogP contribution in [0.5, 0.6) is 0 Å². The molecule has 0 aliphatic carbocycles. The first kappa shape index (κ1) is 12.0. The smallest absolute Gasteiger partial charge is 0.00357 e. The number of hydrogen-bond donors (Lipinski definition) is 1. The summed E-state index contributed by atoms with van der Waals surface area (Å²) in [6.07, 6.45) is 6.84. The summed E-state index contributed by atoms with van der Waals surface area (Å²) in [6.45, 7) is 6.89. The van der Waals surface area contributed by atoms with E-state index in [0.29, 0.717) is 6.04 Å². The van der Waals surface area contributed by atoms with Gasteiger partial charge >= 0.3 is 0 Å². The molecule has 0 spiro atoms. The first-order valence-corrected chi connectivity index (χ1v) is 5.38. The molecule has 1 nitrogen and oxygen atoms in total. The Bertz CT molecular complexity index is 91.0. The maximum absolute atomic E-state index is 3.27. The van der Waals surface area contributed by atoms with E-state index in [1.807, 2.05) is 7.05 Å². The Kier molecular flexibility index (Phi) is 7.58. The van der Waals surface area contributed by atoms with E-state index in [4.69, 9.17) is 0 Å². The van der Waals surface area contributed by atoms with Gasteiger partial charge in [-0.2, -0.15) is 0 Å². The topological polar surface area (TPSA) is 12.0 Å². The Morgan fingerprint density at radius 2 is 1.75 bits per heavy atom. The molecule has 2 unspecified atom stereocenters. The van der Waals surface area contributed by atoms with Gasteiger partial charge in [-0.1, -0.05) is 39.5 Å². The van der Waals surface area contributed by atoms with E-state index < -0.39 is 0 Å². The Morgan fingerprint density at radius 3 is 2.25 bits per heavy atom. The minimum absolute atomic E-state index is 0.693. The van der Waals surface area contributed by atoms with Crippen LogP contribution in [0.2, 0.25) is 0 Å². The van der Waals surface area contributed by atoms with Crippen LogP contribution in [0.4, 0.5) is 0 Å². The van der Waals surface area contributed by atoms with Crippen LogP contribution < -0.4 is 5.32 Å². The molecule has 0 aromatic rings. The molecule has 1 N–H and O–H groups in total. The van der Waals surface area contributed by atoms with Gasteiger partial charge in [0, 0.05) is 6.04 Å². The maximum Gasteiger partial charge on any atom is 0.00357 e. The molecule has 74 valence electrons. The highest BCUT2D eigenvalue weighted by Gasteiger charge is 2.02. The molecule has 1 heteroatoms. The first-order chi connectivity index (χ1) is 5.70. The molecular formula is C11H25N. The molecular weight excluding hydrogens is 146 g/mol. The minimum atomic E-state index is 0.693. The molecule has 0 aliphatic heterocycles. The van der Waals surface area contributed by atoms with Crippen molar-refractivity contribution in [2.24, 2.45) is 5.92 Å². The van der Waals surface area contributed by atoms with Crippen molar-refractivity contribution in [1.29, 1.82) is 0 Å². The number of hydrogen-bond acceptors (Lipinski definition) is 1. The highest BCUT2D eigenvalue weighted by Crippen LogP contribution is 2.14. The van der Waals surface area contributed by atoms with Gasteiger partial charge in [0.05, 0.1) is 0 Å². The third kappa shape index (κ3) is 6.66. The van der Waals surface area contributed by atoms with Gasteiger partial charge in [-0.25, -0.2) is 0 Å². The quantitative estimate of drug-likeness (QED) is 0.620. The second-order valence-corrected chi connectivity index (χ2v) is 4.01. The zero-order valence-electron chi connectivity index (χ0n) is 9.19. The lowest BCUT2D eigenvalue weighted by Crippen LogP contribution is -2.20. The van der Waals surface area contributed by atoms with Gasteiger partial charge in [0.2, 0.25) is 0 Å². The Morgan fingerprint density at radius 1 is 1.08 bits per heavy atom. The molecule has 0 fully saturated rings. The van der Waals surface area contributed by atoms with Crippen LogP contribution in [0, 0.1) is 5.92 Å². The normalized spacial score (nSPS) is 16.0. The van der Waals surface area contributed by atoms with E-state index in [-0.39, 0.29) is 0 Å². The summed E-state index contributed by atoms with van der Waals surface area (Å²) < 4.78 is 0. The van der Waals surface area contributed by atoms with Crippen molar-refractivity contribution in [2.45, 2.75) is 58.9 Å². The van der Waals surface area contributed by atoms with Gasteiger partial charge in [0.25, 0.3) is 0 Å². The lowest BCUT2D eigenvalue weighted by Gasteiger charge is -2.12. The number of nitrogens with one attached hydrogen (secondary N) is 1. The van der Waals surface area contributed by atoms with Crippen LogP contribution in [0.1, 0.15) is 52.9 Å². The van der Waals surface area contributed by atoms with E-state index in [1.165, 1.54) is 32.1 Å². The summed E-state index contributed by atoms with van der Waals surface area (Å²) in [5.41, 5.74) is 0. The molecule has 0 saturated carbocycles. The summed E-state index contributed by atoms with van der Waals surface area (Å²) in [5.74, 6) is 0.930. The molecule has 2 atom stereocenters. The molecule has 0 aromatic carbocycles. The zero-order valence-corrected chi connectivity index (χ0v) is 9.19. The van der Waals surface area contributed by atoms with Crippen molar-refractivity contribution in [3.05, 3.63) is 0 Å². The molecule has 0 radical (unpaired) electrons. The highest BCUT2D eigenvalue weighted by atomic mass is 14.8. The molecule has 12 heavy (non-hydrogen) atoms. The third-order valence-electron chi connectivity index (χ3n) is 2.61. The molecule has 0 bridgehead atoms. The second-order valence-electron chi connectivity index (χ2n) is 4.01. The van der Waals surface area contributed by atoms with Gasteiger partial charge in [-0.15, -0.1) is 0 Å². The molecule has 0 heterocycles. The van der Waals surface area contributed by atoms with Crippen LogP contribution in [-0.2, 0) is 0 Å². The summed E-state index contributed by atoms with van der Waals surface area (Å²) in [7, 11) is 2.04. The van der Waals surface area contributed by atoms with Crippen molar-refractivity contribution in [2.75, 3.05) is 7.05 Å². The second kappa shape index (κ2) is 7.60. The summed E-state index contributed by atoms with van der Waals surface area (Å²) in [6, 6.07) is 0.693. The SMILES string of the molecule is CCCC(C)CCCC(C)NC. The van der Waals surface area contributed by atoms with Crippen LogP contribution >= 0.6 is 0 Å². The largest absolute Gasteiger partial charge is 0.317 e. The predicted molar refractivity (Wildman–Crippen MR) is 56.4 cm³/mol. The standard InChI is InChI=1S/C11H25N/c1-5-7-10(2)8-6-9-11(3)12-4/h10-12H,5-9H2,1-4H3. The van der Waals surface area contributed by atoms with E-state index in [1.54, 1.807) is 0 Å². The Labute approximate surface area is 77.9 Å². The monoisotopic (exact) mass is 171 g/mol. The van der Waals surface area contributed by atoms with Crippen molar-refractivity contribution in [3.63, 3.8) is 0 Å². The van der Waals surface area contributed by atoms with Gasteiger partial charge < -0.3 is 5.32 Å². The summed E-state index contributed by atoms with van der Waals surface area (Å²) in [5, 5.41) is 3.27. The fourth-order valence-electron chi connectivity index (χ4n) is 1.55. The van der Waals surface area contributed by atoms with Gasteiger partial charge in [-0.05, 0) is 26.3 Å². The molecule has 0 aliphatic rings. The summed E-state index contributed by atoms with van der Waals surface area (Å²) in [4.78, 5) is 0. The molecule has 0 rings (SSSR count). The van der Waals surface area contributed by atoms with Gasteiger partial charge in [-0.3, -0.25) is 0 Å². The number of rotatable bonds is 7. The average Bonchev–Trinajstić information content (AvgIpc) is 2.04. The fourth-order valence-corrected chi connectivity index (χ4v) is 1.55. The van der Waals surface area contributed by atoms with Crippen molar-refractivity contribution >= 4 is 0 Å². The van der Waals surface area contributed by atoms with Crippen LogP contribution in [0.15, 0.2) is 0 Å². The molecule has 0 saturated heterocycles. The first-order valence-electron chi connectivity index (χ1n) is 5.38. The van der Waals surface area contributed by atoms with Crippen LogP contribution in [-0.4, -0.2) is 13.1 Å². The van der Waals surface area contributed by atoms with Crippen molar-refractivity contribution in [1.82, 2.24) is 5.32 Å². The lowest BCUT2D eigenvalue weighted by molar-refractivity contribution is 0.435. The minimum Gasteiger partial charge on any atom is -0.317 e. The fraction of sp³-hybridized carbons (Fsp3) is 1.00. The van der Waals surface area contributed by atoms with Gasteiger partial charge in [0.15, 0.2) is 0 Å². The zero-order chi connectivity index (χ0) is 9.40. The van der Waals surface area contributed by atoms with Crippen molar-refractivity contribution in [3.8, 4) is 0 Å². The van der Waals surface area contributed by atoms with E-state index in [0.717, 1.165) is 5.92 Å². The highest BCUT2D eigenvalue weighted by molar-refractivity contribution is 4.59. The average molecular weight is 171 g/mol. The van der Waals surface area contributed by atoms with E-state index in [2.05, 4.69) is 26.1 Å². The van der Waals surface area contributed by atoms with Gasteiger partial charge in [0.1, 0.15) is 0 Å². The van der Waals surface area contributed by atoms with Crippen LogP contribution in [0.3, 0.4) is 0 Å². The Hall–Kier alpha value is -0.0400. The van der Waals surface area contributed by atoms with E-state index >= 15 is 0 Å². The summed E-state index contributed by atoms with van der Waals surface area (Å²) >= 11 is 0. The predicted octanol–water partition coefficient (Wildman–Crippen LogP) is 3.20.